The highest BCUT2D eigenvalue weighted by Crippen LogP contribution is 2.41. The molecular formula is C25H35N5O. The summed E-state index contributed by atoms with van der Waals surface area (Å²) in [4.78, 5) is 22.6. The van der Waals surface area contributed by atoms with Crippen molar-refractivity contribution in [2.45, 2.75) is 51.2 Å². The van der Waals surface area contributed by atoms with Gasteiger partial charge in [-0.05, 0) is 56.2 Å². The summed E-state index contributed by atoms with van der Waals surface area (Å²) >= 11 is 0. The summed E-state index contributed by atoms with van der Waals surface area (Å²) in [6.07, 6.45) is 9.13. The number of carbonyl (C=O) groups excluding carboxylic acids is 1. The topological polar surface area (TPSA) is 53.4 Å². The van der Waals surface area contributed by atoms with Crippen molar-refractivity contribution in [3.8, 4) is 0 Å². The monoisotopic (exact) mass is 421 g/mol. The molecule has 5 rings (SSSR count). The highest BCUT2D eigenvalue weighted by atomic mass is 16.1. The van der Waals surface area contributed by atoms with Gasteiger partial charge in [-0.1, -0.05) is 24.6 Å². The third kappa shape index (κ3) is 4.15. The highest BCUT2D eigenvalue weighted by Gasteiger charge is 2.47. The molecule has 0 spiro atoms. The van der Waals surface area contributed by atoms with E-state index in [-0.39, 0.29) is 5.91 Å². The third-order valence-corrected chi connectivity index (χ3v) is 7.86. The minimum Gasteiger partial charge on any atom is -0.350 e. The van der Waals surface area contributed by atoms with E-state index < -0.39 is 0 Å². The van der Waals surface area contributed by atoms with Crippen LogP contribution in [0.3, 0.4) is 0 Å². The number of hydrogen-bond donors (Lipinski definition) is 1. The molecule has 31 heavy (non-hydrogen) atoms. The van der Waals surface area contributed by atoms with Crippen LogP contribution in [0.2, 0.25) is 0 Å². The van der Waals surface area contributed by atoms with Crippen LogP contribution >= 0.6 is 0 Å². The third-order valence-electron chi connectivity index (χ3n) is 7.86. The molecule has 3 fully saturated rings. The average molecular weight is 422 g/mol. The predicted molar refractivity (Wildman–Crippen MR) is 122 cm³/mol. The zero-order valence-corrected chi connectivity index (χ0v) is 18.8. The van der Waals surface area contributed by atoms with Crippen molar-refractivity contribution >= 4 is 5.91 Å². The first-order valence-corrected chi connectivity index (χ1v) is 11.9. The van der Waals surface area contributed by atoms with E-state index in [1.807, 2.05) is 43.7 Å². The van der Waals surface area contributed by atoms with Crippen molar-refractivity contribution in [3.05, 3.63) is 53.6 Å². The van der Waals surface area contributed by atoms with Crippen LogP contribution in [0.5, 0.6) is 0 Å². The standard InChI is InChI=1S/C25H35N5O/c1-18-7-3-4-8-22(18)25(31)27-13-24-20-11-19(23-9-5-6-10-30(23)24)14-29(15-20)16-21-12-26-17-28(21)2/h3-4,7-8,12,17,19-20,23-24H,5-6,9-11,13-16H2,1-2H3,(H,27,31)/t19-,20+,23+,24+/m1/s1. The number of benzene rings is 1. The molecule has 4 heterocycles. The molecule has 3 aliphatic rings. The number of carbonyl (C=O) groups is 1. The summed E-state index contributed by atoms with van der Waals surface area (Å²) < 4.78 is 2.14. The normalized spacial score (nSPS) is 28.8. The van der Waals surface area contributed by atoms with Gasteiger partial charge in [-0.3, -0.25) is 14.6 Å². The van der Waals surface area contributed by atoms with Crippen molar-refractivity contribution in [2.75, 3.05) is 26.2 Å². The number of aromatic nitrogens is 2. The first-order chi connectivity index (χ1) is 15.1. The van der Waals surface area contributed by atoms with E-state index in [2.05, 4.69) is 31.7 Å². The van der Waals surface area contributed by atoms with Crippen molar-refractivity contribution < 1.29 is 4.79 Å². The van der Waals surface area contributed by atoms with Gasteiger partial charge in [-0.15, -0.1) is 0 Å². The van der Waals surface area contributed by atoms with E-state index in [0.29, 0.717) is 18.0 Å². The van der Waals surface area contributed by atoms with E-state index >= 15 is 0 Å². The van der Waals surface area contributed by atoms with Gasteiger partial charge in [0, 0.05) is 57.1 Å². The fraction of sp³-hybridized carbons (Fsp3) is 0.600. The Morgan fingerprint density at radius 3 is 2.84 bits per heavy atom. The number of likely N-dealkylation sites (tertiary alicyclic amines) is 1. The maximum atomic E-state index is 12.9. The Hall–Kier alpha value is -2.18. The molecule has 1 aromatic carbocycles. The molecule has 0 saturated carbocycles. The van der Waals surface area contributed by atoms with E-state index in [0.717, 1.165) is 36.7 Å². The van der Waals surface area contributed by atoms with Crippen molar-refractivity contribution in [1.82, 2.24) is 24.7 Å². The van der Waals surface area contributed by atoms with Gasteiger partial charge in [-0.2, -0.15) is 0 Å². The van der Waals surface area contributed by atoms with Crippen LogP contribution in [0.25, 0.3) is 0 Å². The van der Waals surface area contributed by atoms with Crippen LogP contribution < -0.4 is 5.32 Å². The van der Waals surface area contributed by atoms with Gasteiger partial charge in [0.2, 0.25) is 0 Å². The summed E-state index contributed by atoms with van der Waals surface area (Å²) in [6.45, 7) is 7.21. The van der Waals surface area contributed by atoms with Gasteiger partial charge in [-0.25, -0.2) is 4.98 Å². The molecule has 0 unspecified atom stereocenters. The molecule has 2 aromatic rings. The molecule has 166 valence electrons. The van der Waals surface area contributed by atoms with Gasteiger partial charge in [0.25, 0.3) is 5.91 Å². The number of fused-ring (bicyclic) bond motifs is 4. The molecule has 1 amide bonds. The van der Waals surface area contributed by atoms with Gasteiger partial charge in [0.15, 0.2) is 0 Å². The van der Waals surface area contributed by atoms with Crippen LogP contribution in [0, 0.1) is 18.8 Å². The Morgan fingerprint density at radius 2 is 2.03 bits per heavy atom. The molecule has 4 atom stereocenters. The average Bonchev–Trinajstić information content (AvgIpc) is 3.18. The maximum Gasteiger partial charge on any atom is 0.251 e. The SMILES string of the molecule is Cc1ccccc1C(=O)NC[C@H]1[C@H]2C[C@H](CN(Cc3cncn3C)C2)[C@@H]2CCCCN21. The lowest BCUT2D eigenvalue weighted by molar-refractivity contribution is -0.0720. The molecule has 6 nitrogen and oxygen atoms in total. The maximum absolute atomic E-state index is 12.9. The van der Waals surface area contributed by atoms with Gasteiger partial charge in [0.05, 0.1) is 12.0 Å². The Balaban J connectivity index is 1.31. The van der Waals surface area contributed by atoms with Crippen LogP contribution in [0.15, 0.2) is 36.8 Å². The number of piperidine rings is 3. The lowest BCUT2D eigenvalue weighted by Crippen LogP contribution is -2.65. The van der Waals surface area contributed by atoms with Crippen LogP contribution in [0.1, 0.15) is 47.3 Å². The minimum atomic E-state index is 0.0660. The fourth-order valence-corrected chi connectivity index (χ4v) is 6.30. The van der Waals surface area contributed by atoms with Gasteiger partial charge >= 0.3 is 0 Å². The molecule has 3 saturated heterocycles. The molecular weight excluding hydrogens is 386 g/mol. The Kier molecular flexibility index (Phi) is 5.85. The lowest BCUT2D eigenvalue weighted by atomic mass is 9.72. The molecule has 1 aromatic heterocycles. The smallest absolute Gasteiger partial charge is 0.251 e. The highest BCUT2D eigenvalue weighted by molar-refractivity contribution is 5.95. The van der Waals surface area contributed by atoms with E-state index in [4.69, 9.17) is 0 Å². The van der Waals surface area contributed by atoms with Crippen molar-refractivity contribution in [3.63, 3.8) is 0 Å². The zero-order chi connectivity index (χ0) is 21.4. The minimum absolute atomic E-state index is 0.0660. The number of nitrogens with one attached hydrogen (secondary N) is 1. The van der Waals surface area contributed by atoms with Crippen molar-refractivity contribution in [2.24, 2.45) is 18.9 Å². The number of rotatable bonds is 5. The number of aryl methyl sites for hydroxylation is 2. The van der Waals surface area contributed by atoms with E-state index in [1.165, 1.54) is 44.5 Å². The molecule has 0 aliphatic carbocycles. The number of imidazole rings is 1. The Morgan fingerprint density at radius 1 is 1.19 bits per heavy atom. The number of amides is 1. The van der Waals surface area contributed by atoms with Gasteiger partial charge < -0.3 is 9.88 Å². The lowest BCUT2D eigenvalue weighted by Gasteiger charge is -2.57. The predicted octanol–water partition coefficient (Wildman–Crippen LogP) is 2.83. The summed E-state index contributed by atoms with van der Waals surface area (Å²) in [5.74, 6) is 1.42. The second kappa shape index (κ2) is 8.75. The van der Waals surface area contributed by atoms with Crippen LogP contribution in [0.4, 0.5) is 0 Å². The first kappa shape index (κ1) is 20.7. The molecule has 3 aliphatic heterocycles. The molecule has 0 radical (unpaired) electrons. The van der Waals surface area contributed by atoms with Gasteiger partial charge in [0.1, 0.15) is 0 Å². The second-order valence-corrected chi connectivity index (χ2v) is 9.84. The van der Waals surface area contributed by atoms with Crippen LogP contribution in [-0.4, -0.2) is 63.5 Å². The summed E-state index contributed by atoms with van der Waals surface area (Å²) in [5.41, 5.74) is 3.12. The van der Waals surface area contributed by atoms with Crippen LogP contribution in [-0.2, 0) is 13.6 Å². The molecule has 1 N–H and O–H groups in total. The largest absolute Gasteiger partial charge is 0.350 e. The summed E-state index contributed by atoms with van der Waals surface area (Å²) in [7, 11) is 2.08. The van der Waals surface area contributed by atoms with E-state index in [9.17, 15) is 4.79 Å². The molecule has 2 bridgehead atoms. The Labute approximate surface area is 185 Å². The van der Waals surface area contributed by atoms with E-state index in [1.54, 1.807) is 0 Å². The summed E-state index contributed by atoms with van der Waals surface area (Å²) in [5, 5.41) is 3.30. The first-order valence-electron chi connectivity index (χ1n) is 11.9. The zero-order valence-electron chi connectivity index (χ0n) is 18.8. The number of nitrogens with zero attached hydrogens (tertiary/aromatic N) is 4. The number of hydrogen-bond acceptors (Lipinski definition) is 4. The quantitative estimate of drug-likeness (QED) is 0.807. The fourth-order valence-electron chi connectivity index (χ4n) is 6.30. The molecule has 6 heteroatoms. The van der Waals surface area contributed by atoms with Crippen molar-refractivity contribution in [1.29, 1.82) is 0 Å². The Bertz CT molecular complexity index is 924. The second-order valence-electron chi connectivity index (χ2n) is 9.84. The summed E-state index contributed by atoms with van der Waals surface area (Å²) in [6, 6.07) is 8.99.